The van der Waals surface area contributed by atoms with Gasteiger partial charge in [-0.25, -0.2) is 5.43 Å². The van der Waals surface area contributed by atoms with Gasteiger partial charge in [-0.1, -0.05) is 60.7 Å². The number of carbonyl (C=O) groups is 2. The van der Waals surface area contributed by atoms with Crippen LogP contribution >= 0.6 is 0 Å². The Labute approximate surface area is 235 Å². The Morgan fingerprint density at radius 3 is 2.25 bits per heavy atom. The van der Waals surface area contributed by atoms with Crippen LogP contribution in [0.3, 0.4) is 0 Å². The Morgan fingerprint density at radius 2 is 1.55 bits per heavy atom. The first-order valence-electron chi connectivity index (χ1n) is 13.8. The minimum absolute atomic E-state index is 0.112. The Balaban J connectivity index is 1.42. The second-order valence-corrected chi connectivity index (χ2v) is 9.89. The molecule has 0 saturated carbocycles. The van der Waals surface area contributed by atoms with E-state index in [9.17, 15) is 9.59 Å². The fraction of sp³-hybridized carbons (Fsp3) is 0.206. The van der Waals surface area contributed by atoms with Crippen molar-refractivity contribution in [3.05, 3.63) is 118 Å². The maximum Gasteiger partial charge on any atom is 0.287 e. The molecule has 0 heterocycles. The van der Waals surface area contributed by atoms with Crippen molar-refractivity contribution in [3.8, 4) is 0 Å². The molecule has 6 heteroatoms. The lowest BCUT2D eigenvalue weighted by atomic mass is 9.98. The summed E-state index contributed by atoms with van der Waals surface area (Å²) in [5, 5.41) is 9.67. The molecule has 202 valence electrons. The van der Waals surface area contributed by atoms with Crippen molar-refractivity contribution in [2.75, 3.05) is 18.0 Å². The number of amides is 2. The van der Waals surface area contributed by atoms with Gasteiger partial charge in [0.25, 0.3) is 11.8 Å². The normalized spacial score (nSPS) is 12.9. The minimum Gasteiger partial charge on any atom is -0.372 e. The van der Waals surface area contributed by atoms with Crippen molar-refractivity contribution in [2.45, 2.75) is 33.6 Å². The third-order valence-electron chi connectivity index (χ3n) is 7.45. The van der Waals surface area contributed by atoms with Gasteiger partial charge in [0.2, 0.25) is 0 Å². The number of anilines is 1. The number of benzene rings is 4. The van der Waals surface area contributed by atoms with Crippen molar-refractivity contribution >= 4 is 40.1 Å². The third kappa shape index (κ3) is 5.66. The van der Waals surface area contributed by atoms with Crippen molar-refractivity contribution in [3.63, 3.8) is 0 Å². The maximum atomic E-state index is 13.4. The third-order valence-corrected chi connectivity index (χ3v) is 7.45. The Kier molecular flexibility index (Phi) is 8.06. The SMILES string of the molecule is CCN(CC)c1ccc(/C=C(/NC(=O)c2ccccc2)C(=O)N/N=C(/C)c2ccc3c4c(cccc24)CC3)cc1. The highest BCUT2D eigenvalue weighted by atomic mass is 16.2. The summed E-state index contributed by atoms with van der Waals surface area (Å²) in [5.41, 5.74) is 9.53. The summed E-state index contributed by atoms with van der Waals surface area (Å²) in [5.74, 6) is -0.864. The predicted octanol–water partition coefficient (Wildman–Crippen LogP) is 6.10. The molecule has 0 bridgehead atoms. The highest BCUT2D eigenvalue weighted by Gasteiger charge is 2.18. The summed E-state index contributed by atoms with van der Waals surface area (Å²) in [6, 6.07) is 27.4. The van der Waals surface area contributed by atoms with Crippen LogP contribution in [0.2, 0.25) is 0 Å². The second-order valence-electron chi connectivity index (χ2n) is 9.89. The first-order chi connectivity index (χ1) is 19.5. The lowest BCUT2D eigenvalue weighted by Gasteiger charge is -2.21. The molecule has 5 rings (SSSR count). The molecule has 0 spiro atoms. The van der Waals surface area contributed by atoms with E-state index in [1.165, 1.54) is 16.5 Å². The molecule has 0 unspecified atom stereocenters. The van der Waals surface area contributed by atoms with Gasteiger partial charge in [-0.3, -0.25) is 9.59 Å². The molecule has 0 saturated heterocycles. The molecule has 4 aromatic carbocycles. The summed E-state index contributed by atoms with van der Waals surface area (Å²) in [4.78, 5) is 28.6. The average molecular weight is 531 g/mol. The number of hydrogen-bond acceptors (Lipinski definition) is 4. The first-order valence-corrected chi connectivity index (χ1v) is 13.8. The van der Waals surface area contributed by atoms with Crippen molar-refractivity contribution < 1.29 is 9.59 Å². The Hall–Kier alpha value is -4.71. The number of aryl methyl sites for hydroxylation is 2. The van der Waals surface area contributed by atoms with E-state index in [-0.39, 0.29) is 11.6 Å². The fourth-order valence-electron chi connectivity index (χ4n) is 5.30. The van der Waals surface area contributed by atoms with Crippen molar-refractivity contribution in [2.24, 2.45) is 5.10 Å². The molecule has 0 fully saturated rings. The molecule has 2 N–H and O–H groups in total. The number of hydrazone groups is 1. The van der Waals surface area contributed by atoms with Gasteiger partial charge in [0.15, 0.2) is 0 Å². The van der Waals surface area contributed by atoms with E-state index in [4.69, 9.17) is 0 Å². The number of carbonyl (C=O) groups excluding carboxylic acids is 2. The molecular formula is C34H34N4O2. The number of nitrogens with zero attached hydrogens (tertiary/aromatic N) is 2. The molecule has 0 aromatic heterocycles. The van der Waals surface area contributed by atoms with Crippen LogP contribution in [-0.4, -0.2) is 30.6 Å². The van der Waals surface area contributed by atoms with E-state index in [0.29, 0.717) is 11.3 Å². The molecule has 0 aliphatic heterocycles. The molecule has 1 aliphatic rings. The highest BCUT2D eigenvalue weighted by molar-refractivity contribution is 6.12. The van der Waals surface area contributed by atoms with Crippen LogP contribution in [0.25, 0.3) is 16.8 Å². The fourth-order valence-corrected chi connectivity index (χ4v) is 5.30. The second kappa shape index (κ2) is 12.0. The summed E-state index contributed by atoms with van der Waals surface area (Å²) < 4.78 is 0. The van der Waals surface area contributed by atoms with Gasteiger partial charge in [-0.15, -0.1) is 0 Å². The lowest BCUT2D eigenvalue weighted by Crippen LogP contribution is -2.33. The quantitative estimate of drug-likeness (QED) is 0.156. The first kappa shape index (κ1) is 26.9. The lowest BCUT2D eigenvalue weighted by molar-refractivity contribution is -0.117. The zero-order chi connectivity index (χ0) is 28.1. The van der Waals surface area contributed by atoms with Crippen LogP contribution in [0.1, 0.15) is 53.4 Å². The van der Waals surface area contributed by atoms with Crippen LogP contribution in [0.4, 0.5) is 5.69 Å². The summed E-state index contributed by atoms with van der Waals surface area (Å²) in [6.07, 6.45) is 3.77. The molecule has 6 nitrogen and oxygen atoms in total. The van der Waals surface area contributed by atoms with Crippen molar-refractivity contribution in [1.82, 2.24) is 10.7 Å². The maximum absolute atomic E-state index is 13.4. The smallest absolute Gasteiger partial charge is 0.287 e. The number of nitrogens with one attached hydrogen (secondary N) is 2. The predicted molar refractivity (Wildman–Crippen MR) is 164 cm³/mol. The van der Waals surface area contributed by atoms with Gasteiger partial charge in [-0.2, -0.15) is 5.10 Å². The van der Waals surface area contributed by atoms with E-state index in [0.717, 1.165) is 48.1 Å². The van der Waals surface area contributed by atoms with Crippen LogP contribution in [0, 0.1) is 0 Å². The van der Waals surface area contributed by atoms with Gasteiger partial charge in [0.05, 0.1) is 5.71 Å². The van der Waals surface area contributed by atoms with Gasteiger partial charge in [0.1, 0.15) is 5.70 Å². The minimum atomic E-state index is -0.498. The van der Waals surface area contributed by atoms with Crippen LogP contribution < -0.4 is 15.6 Å². The zero-order valence-electron chi connectivity index (χ0n) is 23.2. The summed E-state index contributed by atoms with van der Waals surface area (Å²) in [7, 11) is 0. The molecule has 4 aromatic rings. The molecule has 0 atom stereocenters. The Morgan fingerprint density at radius 1 is 0.850 bits per heavy atom. The molecule has 2 amide bonds. The number of hydrogen-bond donors (Lipinski definition) is 2. The van der Waals surface area contributed by atoms with Gasteiger partial charge in [0, 0.05) is 29.9 Å². The largest absolute Gasteiger partial charge is 0.372 e. The van der Waals surface area contributed by atoms with E-state index in [1.54, 1.807) is 30.3 Å². The highest BCUT2D eigenvalue weighted by Crippen LogP contribution is 2.33. The summed E-state index contributed by atoms with van der Waals surface area (Å²) in [6.45, 7) is 7.93. The Bertz CT molecular complexity index is 1590. The molecular weight excluding hydrogens is 496 g/mol. The molecule has 0 radical (unpaired) electrons. The van der Waals surface area contributed by atoms with Crippen LogP contribution in [0.5, 0.6) is 0 Å². The van der Waals surface area contributed by atoms with Crippen molar-refractivity contribution in [1.29, 1.82) is 0 Å². The van der Waals surface area contributed by atoms with E-state index < -0.39 is 5.91 Å². The van der Waals surface area contributed by atoms with Gasteiger partial charge >= 0.3 is 0 Å². The molecule has 40 heavy (non-hydrogen) atoms. The average Bonchev–Trinajstić information content (AvgIpc) is 3.42. The standard InChI is InChI=1S/C34H34N4O2/c1-4-38(5-2)28-19-14-24(15-20-28)22-31(35-33(39)27-10-7-6-8-11-27)34(40)37-36-23(3)29-21-18-26-17-16-25-12-9-13-30(29)32(25)26/h6-15,18-22H,4-5,16-17H2,1-3H3,(H,35,39)(H,37,40)/b31-22+,36-23-. The van der Waals surface area contributed by atoms with Crippen LogP contribution in [0.15, 0.2) is 95.7 Å². The molecule has 1 aliphatic carbocycles. The summed E-state index contributed by atoms with van der Waals surface area (Å²) >= 11 is 0. The van der Waals surface area contributed by atoms with Crippen LogP contribution in [-0.2, 0) is 17.6 Å². The van der Waals surface area contributed by atoms with E-state index in [1.807, 2.05) is 37.3 Å². The zero-order valence-corrected chi connectivity index (χ0v) is 23.2. The van der Waals surface area contributed by atoms with E-state index in [2.05, 4.69) is 64.9 Å². The van der Waals surface area contributed by atoms with Gasteiger partial charge < -0.3 is 10.2 Å². The monoisotopic (exact) mass is 530 g/mol. The number of rotatable bonds is 9. The van der Waals surface area contributed by atoms with Gasteiger partial charge in [-0.05, 0) is 91.4 Å². The van der Waals surface area contributed by atoms with E-state index >= 15 is 0 Å². The topological polar surface area (TPSA) is 73.8 Å².